The second-order valence-electron chi connectivity index (χ2n) is 9.85. The number of anilines is 2. The number of carbonyl (C=O) groups is 1. The van der Waals surface area contributed by atoms with Gasteiger partial charge in [0.1, 0.15) is 11.4 Å². The molecule has 2 fully saturated rings. The molecule has 1 unspecified atom stereocenters. The van der Waals surface area contributed by atoms with Crippen LogP contribution < -0.4 is 10.6 Å². The molecule has 0 radical (unpaired) electrons. The van der Waals surface area contributed by atoms with E-state index in [9.17, 15) is 23.1 Å². The highest BCUT2D eigenvalue weighted by Gasteiger charge is 2.44. The topological polar surface area (TPSA) is 64.6 Å². The highest BCUT2D eigenvalue weighted by atomic mass is 19.2. The molecule has 0 bridgehead atoms. The maximum Gasteiger partial charge on any atom is 0.256 e. The number of β-amino-alcohol motifs (C(OH)–C–C–N with tert-alkyl or cyclic N) is 1. The molecule has 1 atom stereocenters. The van der Waals surface area contributed by atoms with Crippen molar-refractivity contribution in [2.24, 2.45) is 5.92 Å². The number of nitrogens with one attached hydrogen (secondary N) is 2. The number of hydrogen-bond donors (Lipinski definition) is 3. The number of hydrogen-bond acceptors (Lipinski definition) is 4. The van der Waals surface area contributed by atoms with E-state index in [4.69, 9.17) is 0 Å². The number of nitrogens with zero attached hydrogens (tertiary/aromatic N) is 1. The predicted octanol–water partition coefficient (Wildman–Crippen LogP) is 4.90. The Kier molecular flexibility index (Phi) is 7.19. The van der Waals surface area contributed by atoms with Crippen LogP contribution in [0.25, 0.3) is 0 Å². The molecule has 2 aromatic rings. The largest absolute Gasteiger partial charge is 0.385 e. The Balaban J connectivity index is 1.43. The smallest absolute Gasteiger partial charge is 0.256 e. The Labute approximate surface area is 198 Å². The zero-order valence-electron chi connectivity index (χ0n) is 19.6. The number of benzene rings is 2. The maximum atomic E-state index is 14.7. The van der Waals surface area contributed by atoms with E-state index in [0.717, 1.165) is 6.07 Å². The Hall–Kier alpha value is -2.58. The molecule has 184 valence electrons. The van der Waals surface area contributed by atoms with Gasteiger partial charge in [-0.2, -0.15) is 0 Å². The normalized spacial score (nSPS) is 18.9. The summed E-state index contributed by atoms with van der Waals surface area (Å²) < 4.78 is 42.9. The zero-order chi connectivity index (χ0) is 24.5. The van der Waals surface area contributed by atoms with Gasteiger partial charge in [0, 0.05) is 12.6 Å². The van der Waals surface area contributed by atoms with Gasteiger partial charge in [-0.05, 0) is 62.4 Å². The van der Waals surface area contributed by atoms with Gasteiger partial charge in [0.15, 0.2) is 11.6 Å². The number of halogens is 3. The quantitative estimate of drug-likeness (QED) is 0.533. The Morgan fingerprint density at radius 3 is 2.50 bits per heavy atom. The monoisotopic (exact) mass is 475 g/mol. The van der Waals surface area contributed by atoms with E-state index in [1.54, 1.807) is 13.0 Å². The summed E-state index contributed by atoms with van der Waals surface area (Å²) in [5.74, 6) is -3.01. The summed E-state index contributed by atoms with van der Waals surface area (Å²) in [6, 6.07) is 6.62. The van der Waals surface area contributed by atoms with E-state index >= 15 is 0 Å². The van der Waals surface area contributed by atoms with Gasteiger partial charge >= 0.3 is 0 Å². The summed E-state index contributed by atoms with van der Waals surface area (Å²) >= 11 is 0. The van der Waals surface area contributed by atoms with E-state index in [-0.39, 0.29) is 30.4 Å². The van der Waals surface area contributed by atoms with Crippen LogP contribution >= 0.6 is 0 Å². The molecule has 1 heterocycles. The number of carbonyl (C=O) groups excluding carboxylic acids is 1. The van der Waals surface area contributed by atoms with E-state index in [0.29, 0.717) is 18.0 Å². The van der Waals surface area contributed by atoms with Crippen molar-refractivity contribution in [3.05, 3.63) is 58.9 Å². The third-order valence-corrected chi connectivity index (χ3v) is 7.08. The van der Waals surface area contributed by atoms with Crippen LogP contribution in [0.2, 0.25) is 0 Å². The van der Waals surface area contributed by atoms with Crippen molar-refractivity contribution in [2.45, 2.75) is 57.6 Å². The molecule has 0 aromatic heterocycles. The van der Waals surface area contributed by atoms with Crippen LogP contribution in [0.1, 0.15) is 54.9 Å². The number of amides is 1. The van der Waals surface area contributed by atoms with Gasteiger partial charge in [-0.3, -0.25) is 4.79 Å². The highest BCUT2D eigenvalue weighted by Crippen LogP contribution is 2.32. The molecule has 1 aliphatic heterocycles. The summed E-state index contributed by atoms with van der Waals surface area (Å²) in [6.07, 6.45) is 6.12. The van der Waals surface area contributed by atoms with Crippen LogP contribution in [0.5, 0.6) is 0 Å². The van der Waals surface area contributed by atoms with Crippen molar-refractivity contribution in [1.29, 1.82) is 0 Å². The Bertz CT molecular complexity index is 1050. The minimum atomic E-state index is -1.26. The minimum absolute atomic E-state index is 0.0647. The van der Waals surface area contributed by atoms with Crippen LogP contribution in [0.4, 0.5) is 24.5 Å². The third kappa shape index (κ3) is 5.23. The van der Waals surface area contributed by atoms with Crippen molar-refractivity contribution in [2.75, 3.05) is 25.0 Å². The summed E-state index contributed by atoms with van der Waals surface area (Å²) in [5.41, 5.74) is -1.01. The van der Waals surface area contributed by atoms with E-state index in [2.05, 4.69) is 17.6 Å². The first-order valence-corrected chi connectivity index (χ1v) is 11.9. The zero-order valence-corrected chi connectivity index (χ0v) is 19.6. The molecule has 1 amide bonds. The third-order valence-electron chi connectivity index (χ3n) is 7.08. The van der Waals surface area contributed by atoms with Gasteiger partial charge in [-0.25, -0.2) is 13.2 Å². The van der Waals surface area contributed by atoms with Crippen molar-refractivity contribution in [1.82, 2.24) is 10.2 Å². The SMILES string of the molecule is Cc1ccc(Nc2c(C(=O)N3CC(O)(CNC(C)C4CCCCC4)C3)ccc(F)c2F)c(F)c1. The standard InChI is InChI=1S/C26H32F3N3O2/c1-16-8-11-22(21(28)12-16)31-24-19(9-10-20(27)23(24)29)25(33)32-14-26(34,15-32)13-30-17(2)18-6-4-3-5-7-18/h8-12,17-18,30-31,34H,3-7,13-15H2,1-2H3. The van der Waals surface area contributed by atoms with E-state index in [1.165, 1.54) is 55.2 Å². The van der Waals surface area contributed by atoms with Crippen LogP contribution in [-0.2, 0) is 0 Å². The highest BCUT2D eigenvalue weighted by molar-refractivity contribution is 6.01. The van der Waals surface area contributed by atoms with Gasteiger partial charge in [0.25, 0.3) is 5.91 Å². The van der Waals surface area contributed by atoms with Crippen molar-refractivity contribution < 1.29 is 23.1 Å². The second kappa shape index (κ2) is 9.96. The van der Waals surface area contributed by atoms with E-state index < -0.39 is 34.6 Å². The molecule has 3 N–H and O–H groups in total. The van der Waals surface area contributed by atoms with Gasteiger partial charge in [-0.1, -0.05) is 25.3 Å². The Morgan fingerprint density at radius 1 is 1.12 bits per heavy atom. The molecular formula is C26H32F3N3O2. The molecular weight excluding hydrogens is 443 g/mol. The van der Waals surface area contributed by atoms with Gasteiger partial charge < -0.3 is 20.6 Å². The summed E-state index contributed by atoms with van der Waals surface area (Å²) in [5, 5.41) is 16.8. The van der Waals surface area contributed by atoms with Crippen molar-refractivity contribution >= 4 is 17.3 Å². The molecule has 2 aromatic carbocycles. The molecule has 8 heteroatoms. The van der Waals surface area contributed by atoms with Gasteiger partial charge in [0.2, 0.25) is 0 Å². The summed E-state index contributed by atoms with van der Waals surface area (Å²) in [6.45, 7) is 4.34. The van der Waals surface area contributed by atoms with E-state index in [1.807, 2.05) is 0 Å². The maximum absolute atomic E-state index is 14.7. The number of rotatable bonds is 7. The number of likely N-dealkylation sites (tertiary alicyclic amines) is 1. The van der Waals surface area contributed by atoms with Crippen LogP contribution in [0, 0.1) is 30.3 Å². The lowest BCUT2D eigenvalue weighted by atomic mass is 9.84. The molecule has 5 nitrogen and oxygen atoms in total. The average Bonchev–Trinajstić information content (AvgIpc) is 2.80. The molecule has 34 heavy (non-hydrogen) atoms. The second-order valence-corrected chi connectivity index (χ2v) is 9.85. The lowest BCUT2D eigenvalue weighted by molar-refractivity contribution is -0.0804. The number of aliphatic hydroxyl groups is 1. The first-order chi connectivity index (χ1) is 16.2. The molecule has 2 aliphatic rings. The summed E-state index contributed by atoms with van der Waals surface area (Å²) in [7, 11) is 0. The van der Waals surface area contributed by atoms with Gasteiger partial charge in [0.05, 0.1) is 30.0 Å². The minimum Gasteiger partial charge on any atom is -0.385 e. The van der Waals surface area contributed by atoms with Crippen LogP contribution in [0.15, 0.2) is 30.3 Å². The van der Waals surface area contributed by atoms with Crippen molar-refractivity contribution in [3.63, 3.8) is 0 Å². The molecule has 0 spiro atoms. The lowest BCUT2D eigenvalue weighted by Crippen LogP contribution is -2.68. The first kappa shape index (κ1) is 24.5. The predicted molar refractivity (Wildman–Crippen MR) is 126 cm³/mol. The number of aryl methyl sites for hydroxylation is 1. The molecule has 1 aliphatic carbocycles. The van der Waals surface area contributed by atoms with Gasteiger partial charge in [-0.15, -0.1) is 0 Å². The van der Waals surface area contributed by atoms with Crippen LogP contribution in [-0.4, -0.2) is 47.2 Å². The Morgan fingerprint density at radius 2 is 1.82 bits per heavy atom. The average molecular weight is 476 g/mol. The van der Waals surface area contributed by atoms with Crippen molar-refractivity contribution in [3.8, 4) is 0 Å². The fourth-order valence-corrected chi connectivity index (χ4v) is 4.95. The molecule has 1 saturated heterocycles. The summed E-state index contributed by atoms with van der Waals surface area (Å²) in [4.78, 5) is 14.5. The first-order valence-electron chi connectivity index (χ1n) is 11.9. The molecule has 1 saturated carbocycles. The van der Waals surface area contributed by atoms with Crippen LogP contribution in [0.3, 0.4) is 0 Å². The fraction of sp³-hybridized carbons (Fsp3) is 0.500. The lowest BCUT2D eigenvalue weighted by Gasteiger charge is -2.47. The fourth-order valence-electron chi connectivity index (χ4n) is 4.95. The molecule has 4 rings (SSSR count).